The average Bonchev–Trinajstić information content (AvgIpc) is 3.28. The maximum Gasteiger partial charge on any atom is 0.194 e. The van der Waals surface area contributed by atoms with Crippen LogP contribution < -0.4 is 10.1 Å². The van der Waals surface area contributed by atoms with Crippen molar-refractivity contribution in [1.29, 1.82) is 0 Å². The maximum absolute atomic E-state index is 5.25. The third-order valence-corrected chi connectivity index (χ3v) is 5.34. The molecule has 1 saturated heterocycles. The summed E-state index contributed by atoms with van der Waals surface area (Å²) in [6, 6.07) is 8.44. The number of aromatic nitrogens is 1. The van der Waals surface area contributed by atoms with Crippen LogP contribution >= 0.6 is 35.3 Å². The van der Waals surface area contributed by atoms with Crippen molar-refractivity contribution in [2.75, 3.05) is 26.7 Å². The van der Waals surface area contributed by atoms with Gasteiger partial charge < -0.3 is 15.0 Å². The van der Waals surface area contributed by atoms with E-state index in [9.17, 15) is 0 Å². The molecule has 0 radical (unpaired) electrons. The van der Waals surface area contributed by atoms with E-state index < -0.39 is 0 Å². The molecular weight excluding hydrogens is 459 g/mol. The fourth-order valence-electron chi connectivity index (χ4n) is 3.14. The van der Waals surface area contributed by atoms with Crippen LogP contribution in [0.4, 0.5) is 0 Å². The van der Waals surface area contributed by atoms with Gasteiger partial charge in [-0.3, -0.25) is 0 Å². The second kappa shape index (κ2) is 10.1. The summed E-state index contributed by atoms with van der Waals surface area (Å²) in [6.45, 7) is 7.73. The molecular formula is C19H27IN4OS. The van der Waals surface area contributed by atoms with Crippen LogP contribution in [0.25, 0.3) is 0 Å². The van der Waals surface area contributed by atoms with E-state index in [0.717, 1.165) is 42.8 Å². The van der Waals surface area contributed by atoms with Crippen LogP contribution in [0.1, 0.15) is 34.7 Å². The lowest BCUT2D eigenvalue weighted by atomic mass is 9.98. The number of ether oxygens (including phenoxy) is 1. The lowest BCUT2D eigenvalue weighted by Crippen LogP contribution is -2.40. The Kier molecular flexibility index (Phi) is 8.15. The number of rotatable bonds is 5. The number of nitrogens with zero attached hydrogens (tertiary/aromatic N) is 3. The number of hydrogen-bond acceptors (Lipinski definition) is 4. The Morgan fingerprint density at radius 2 is 2.15 bits per heavy atom. The molecule has 0 amide bonds. The van der Waals surface area contributed by atoms with E-state index in [1.807, 2.05) is 18.3 Å². The second-order valence-corrected chi connectivity index (χ2v) is 7.56. The maximum atomic E-state index is 5.25. The van der Waals surface area contributed by atoms with Crippen LogP contribution in [0.3, 0.4) is 0 Å². The zero-order chi connectivity index (χ0) is 17.6. The number of aliphatic imine (C=N–C) groups is 1. The van der Waals surface area contributed by atoms with Gasteiger partial charge in [-0.05, 0) is 38.0 Å². The van der Waals surface area contributed by atoms with Gasteiger partial charge in [0.15, 0.2) is 5.96 Å². The van der Waals surface area contributed by atoms with E-state index in [1.165, 1.54) is 10.4 Å². The Morgan fingerprint density at radius 1 is 1.38 bits per heavy atom. The van der Waals surface area contributed by atoms with Crippen molar-refractivity contribution in [3.8, 4) is 5.75 Å². The summed E-state index contributed by atoms with van der Waals surface area (Å²) in [4.78, 5) is 12.8. The van der Waals surface area contributed by atoms with Crippen molar-refractivity contribution in [3.63, 3.8) is 0 Å². The van der Waals surface area contributed by atoms with Crippen LogP contribution in [-0.2, 0) is 6.54 Å². The number of hydrogen-bond donors (Lipinski definition) is 1. The molecule has 2 aromatic rings. The van der Waals surface area contributed by atoms with E-state index in [-0.39, 0.29) is 24.0 Å². The summed E-state index contributed by atoms with van der Waals surface area (Å²) >= 11 is 1.71. The molecule has 0 saturated carbocycles. The fraction of sp³-hybridized carbons (Fsp3) is 0.474. The van der Waals surface area contributed by atoms with Crippen LogP contribution in [0.2, 0.25) is 0 Å². The molecule has 0 spiro atoms. The molecule has 7 heteroatoms. The van der Waals surface area contributed by atoms with E-state index in [1.54, 1.807) is 18.4 Å². The summed E-state index contributed by atoms with van der Waals surface area (Å²) in [5.41, 5.74) is 1.37. The molecule has 1 aliphatic rings. The zero-order valence-electron chi connectivity index (χ0n) is 15.6. The Balaban J connectivity index is 0.00000243. The highest BCUT2D eigenvalue weighted by Crippen LogP contribution is 2.28. The lowest BCUT2D eigenvalue weighted by Gasteiger charge is -2.21. The monoisotopic (exact) mass is 486 g/mol. The fourth-order valence-corrected chi connectivity index (χ4v) is 3.86. The molecule has 26 heavy (non-hydrogen) atoms. The standard InChI is InChI=1S/C19H26N4OS.HI/c1-4-20-19(22-12-18-21-11-14(2)25-18)23-10-9-16(13-23)15-5-7-17(24-3)8-6-15;/h5-8,11,16H,4,9-10,12-13H2,1-3H3,(H,20,22);1H. The molecule has 1 fully saturated rings. The van der Waals surface area contributed by atoms with Gasteiger partial charge in [0.25, 0.3) is 0 Å². The summed E-state index contributed by atoms with van der Waals surface area (Å²) < 4.78 is 5.25. The molecule has 1 aromatic heterocycles. The van der Waals surface area contributed by atoms with Gasteiger partial charge in [-0.2, -0.15) is 0 Å². The molecule has 1 aromatic carbocycles. The van der Waals surface area contributed by atoms with Crippen LogP contribution in [0, 0.1) is 6.92 Å². The molecule has 1 N–H and O–H groups in total. The first-order valence-electron chi connectivity index (χ1n) is 8.78. The number of halogens is 1. The first-order chi connectivity index (χ1) is 12.2. The van der Waals surface area contributed by atoms with E-state index in [4.69, 9.17) is 9.73 Å². The number of methoxy groups -OCH3 is 1. The Morgan fingerprint density at radius 3 is 2.77 bits per heavy atom. The second-order valence-electron chi connectivity index (χ2n) is 6.24. The van der Waals surface area contributed by atoms with Crippen molar-refractivity contribution in [2.45, 2.75) is 32.7 Å². The number of benzene rings is 1. The van der Waals surface area contributed by atoms with Gasteiger partial charge in [0.05, 0.1) is 13.7 Å². The van der Waals surface area contributed by atoms with Gasteiger partial charge in [0.2, 0.25) is 0 Å². The molecule has 1 atom stereocenters. The molecule has 5 nitrogen and oxygen atoms in total. The summed E-state index contributed by atoms with van der Waals surface area (Å²) in [5, 5.41) is 4.49. The van der Waals surface area contributed by atoms with E-state index in [0.29, 0.717) is 12.5 Å². The number of likely N-dealkylation sites (tertiary alicyclic amines) is 1. The quantitative estimate of drug-likeness (QED) is 0.394. The van der Waals surface area contributed by atoms with Crippen molar-refractivity contribution in [3.05, 3.63) is 45.9 Å². The highest BCUT2D eigenvalue weighted by Gasteiger charge is 2.26. The minimum atomic E-state index is 0. The average molecular weight is 486 g/mol. The largest absolute Gasteiger partial charge is 0.497 e. The van der Waals surface area contributed by atoms with Gasteiger partial charge in [0.1, 0.15) is 10.8 Å². The summed E-state index contributed by atoms with van der Waals surface area (Å²) in [6.07, 6.45) is 3.06. The van der Waals surface area contributed by atoms with Gasteiger partial charge in [-0.25, -0.2) is 9.98 Å². The number of nitrogens with one attached hydrogen (secondary N) is 1. The molecule has 1 unspecified atom stereocenters. The normalized spacial score (nSPS) is 17.1. The van der Waals surface area contributed by atoms with E-state index in [2.05, 4.69) is 41.2 Å². The summed E-state index contributed by atoms with van der Waals surface area (Å²) in [5.74, 6) is 2.44. The lowest BCUT2D eigenvalue weighted by molar-refractivity contribution is 0.414. The van der Waals surface area contributed by atoms with Crippen molar-refractivity contribution in [1.82, 2.24) is 15.2 Å². The predicted molar refractivity (Wildman–Crippen MR) is 119 cm³/mol. The van der Waals surface area contributed by atoms with Gasteiger partial charge in [0, 0.05) is 36.6 Å². The van der Waals surface area contributed by atoms with Crippen LogP contribution in [0.15, 0.2) is 35.5 Å². The Bertz CT molecular complexity index is 717. The van der Waals surface area contributed by atoms with Gasteiger partial charge in [-0.15, -0.1) is 35.3 Å². The molecule has 3 rings (SSSR count). The Labute approximate surface area is 176 Å². The highest BCUT2D eigenvalue weighted by atomic mass is 127. The molecule has 0 aliphatic carbocycles. The number of thiazole rings is 1. The zero-order valence-corrected chi connectivity index (χ0v) is 18.7. The minimum Gasteiger partial charge on any atom is -0.497 e. The summed E-state index contributed by atoms with van der Waals surface area (Å²) in [7, 11) is 1.70. The van der Waals surface area contributed by atoms with Gasteiger partial charge >= 0.3 is 0 Å². The smallest absolute Gasteiger partial charge is 0.194 e. The van der Waals surface area contributed by atoms with Crippen molar-refractivity contribution < 1.29 is 4.74 Å². The van der Waals surface area contributed by atoms with Crippen molar-refractivity contribution in [2.24, 2.45) is 4.99 Å². The molecule has 142 valence electrons. The molecule has 0 bridgehead atoms. The Hall–Kier alpha value is -1.35. The SMILES string of the molecule is CCNC(=NCc1ncc(C)s1)N1CCC(c2ccc(OC)cc2)C1.I. The predicted octanol–water partition coefficient (Wildman–Crippen LogP) is 4.03. The highest BCUT2D eigenvalue weighted by molar-refractivity contribution is 14.0. The van der Waals surface area contributed by atoms with Crippen LogP contribution in [0.5, 0.6) is 5.75 Å². The minimum absolute atomic E-state index is 0. The first-order valence-corrected chi connectivity index (χ1v) is 9.59. The third kappa shape index (κ3) is 5.33. The number of guanidine groups is 1. The number of aryl methyl sites for hydroxylation is 1. The third-order valence-electron chi connectivity index (χ3n) is 4.44. The topological polar surface area (TPSA) is 49.8 Å². The van der Waals surface area contributed by atoms with Crippen molar-refractivity contribution >= 4 is 41.3 Å². The first kappa shape index (κ1) is 21.0. The molecule has 2 heterocycles. The van der Waals surface area contributed by atoms with Gasteiger partial charge in [-0.1, -0.05) is 12.1 Å². The molecule has 1 aliphatic heterocycles. The van der Waals surface area contributed by atoms with E-state index >= 15 is 0 Å². The van der Waals surface area contributed by atoms with Crippen LogP contribution in [-0.4, -0.2) is 42.6 Å².